The first kappa shape index (κ1) is 11.0. The lowest BCUT2D eigenvalue weighted by atomic mass is 10.1. The molecule has 1 aromatic heterocycles. The average molecular weight is 168 g/mol. The Morgan fingerprint density at radius 3 is 2.08 bits per heavy atom. The lowest BCUT2D eigenvalue weighted by molar-refractivity contribution is 0.474. The van der Waals surface area contributed by atoms with Crippen LogP contribution in [0.2, 0.25) is 0 Å². The van der Waals surface area contributed by atoms with Gasteiger partial charge in [0.1, 0.15) is 5.76 Å². The summed E-state index contributed by atoms with van der Waals surface area (Å²) in [5.41, 5.74) is 1.79. The van der Waals surface area contributed by atoms with E-state index in [4.69, 9.17) is 4.42 Å². The second kappa shape index (κ2) is 4.75. The van der Waals surface area contributed by atoms with Crippen LogP contribution in [-0.2, 0) is 0 Å². The molecule has 0 atom stereocenters. The zero-order chi connectivity index (χ0) is 9.72. The van der Waals surface area contributed by atoms with Gasteiger partial charge >= 0.3 is 5.63 Å². The van der Waals surface area contributed by atoms with Crippen LogP contribution in [0.5, 0.6) is 0 Å². The molecule has 0 aliphatic rings. The third kappa shape index (κ3) is 2.53. The van der Waals surface area contributed by atoms with Crippen molar-refractivity contribution in [1.82, 2.24) is 0 Å². The van der Waals surface area contributed by atoms with Gasteiger partial charge in [-0.25, -0.2) is 4.79 Å². The quantitative estimate of drug-likeness (QED) is 0.596. The van der Waals surface area contributed by atoms with Gasteiger partial charge in [0.15, 0.2) is 0 Å². The Hall–Kier alpha value is -1.05. The molecule has 0 saturated heterocycles. The average Bonchev–Trinajstić information content (AvgIpc) is 2.04. The molecular weight excluding hydrogens is 152 g/mol. The highest BCUT2D eigenvalue weighted by atomic mass is 16.4. The van der Waals surface area contributed by atoms with Crippen molar-refractivity contribution >= 4 is 0 Å². The maximum atomic E-state index is 10.7. The van der Waals surface area contributed by atoms with Crippen LogP contribution in [0, 0.1) is 20.8 Å². The van der Waals surface area contributed by atoms with Crippen molar-refractivity contribution < 1.29 is 4.42 Å². The second-order valence-corrected chi connectivity index (χ2v) is 2.43. The summed E-state index contributed by atoms with van der Waals surface area (Å²) >= 11 is 0. The summed E-state index contributed by atoms with van der Waals surface area (Å²) < 4.78 is 4.83. The van der Waals surface area contributed by atoms with Crippen LogP contribution < -0.4 is 5.63 Å². The van der Waals surface area contributed by atoms with Gasteiger partial charge in [-0.1, -0.05) is 13.8 Å². The van der Waals surface area contributed by atoms with Crippen molar-refractivity contribution in [3.8, 4) is 0 Å². The Morgan fingerprint density at radius 2 is 1.67 bits per heavy atom. The number of hydrogen-bond acceptors (Lipinski definition) is 2. The molecule has 1 aromatic rings. The van der Waals surface area contributed by atoms with E-state index in [1.54, 1.807) is 6.92 Å². The van der Waals surface area contributed by atoms with Gasteiger partial charge in [-0.05, 0) is 31.9 Å². The first-order valence-corrected chi connectivity index (χ1v) is 4.19. The van der Waals surface area contributed by atoms with Crippen LogP contribution in [0.15, 0.2) is 15.3 Å². The Balaban J connectivity index is 0.000000561. The van der Waals surface area contributed by atoms with Crippen LogP contribution in [-0.4, -0.2) is 0 Å². The monoisotopic (exact) mass is 168 g/mol. The third-order valence-electron chi connectivity index (χ3n) is 1.71. The van der Waals surface area contributed by atoms with Crippen LogP contribution in [0.4, 0.5) is 0 Å². The molecular formula is C10H16O2. The maximum Gasteiger partial charge on any atom is 0.336 e. The van der Waals surface area contributed by atoms with Crippen LogP contribution in [0.1, 0.15) is 30.7 Å². The van der Waals surface area contributed by atoms with Gasteiger partial charge < -0.3 is 4.42 Å². The predicted octanol–water partition coefficient (Wildman–Crippen LogP) is 2.59. The molecule has 0 aromatic carbocycles. The Bertz CT molecular complexity index is 271. The Morgan fingerprint density at radius 1 is 1.17 bits per heavy atom. The predicted molar refractivity (Wildman–Crippen MR) is 50.5 cm³/mol. The summed E-state index contributed by atoms with van der Waals surface area (Å²) in [5, 5.41) is 0. The molecule has 0 fully saturated rings. The third-order valence-corrected chi connectivity index (χ3v) is 1.71. The van der Waals surface area contributed by atoms with E-state index in [1.807, 2.05) is 27.7 Å². The standard InChI is InChI=1S/C8H10O2.C2H6/c1-5-4-8(9)10-7(3)6(5)2;1-2/h4H,1-3H3;1-2H3. The highest BCUT2D eigenvalue weighted by molar-refractivity contribution is 5.23. The zero-order valence-electron chi connectivity index (χ0n) is 8.39. The summed E-state index contributed by atoms with van der Waals surface area (Å²) in [7, 11) is 0. The second-order valence-electron chi connectivity index (χ2n) is 2.43. The highest BCUT2D eigenvalue weighted by Crippen LogP contribution is 2.07. The molecule has 0 N–H and O–H groups in total. The maximum absolute atomic E-state index is 10.7. The topological polar surface area (TPSA) is 30.2 Å². The van der Waals surface area contributed by atoms with Crippen molar-refractivity contribution in [1.29, 1.82) is 0 Å². The van der Waals surface area contributed by atoms with E-state index in [9.17, 15) is 4.79 Å². The first-order valence-electron chi connectivity index (χ1n) is 4.19. The van der Waals surface area contributed by atoms with E-state index in [-0.39, 0.29) is 5.63 Å². The molecule has 1 heterocycles. The molecule has 0 spiro atoms. The number of aryl methyl sites for hydroxylation is 2. The van der Waals surface area contributed by atoms with E-state index in [0.29, 0.717) is 5.76 Å². The molecule has 0 aliphatic carbocycles. The Kier molecular flexibility index (Phi) is 4.34. The van der Waals surface area contributed by atoms with Crippen molar-refractivity contribution in [2.75, 3.05) is 0 Å². The van der Waals surface area contributed by atoms with Gasteiger partial charge in [0.25, 0.3) is 0 Å². The van der Waals surface area contributed by atoms with Crippen LogP contribution >= 0.6 is 0 Å². The zero-order valence-corrected chi connectivity index (χ0v) is 8.39. The lowest BCUT2D eigenvalue weighted by Crippen LogP contribution is -2.01. The van der Waals surface area contributed by atoms with Crippen molar-refractivity contribution in [2.45, 2.75) is 34.6 Å². The van der Waals surface area contributed by atoms with Gasteiger partial charge in [-0.3, -0.25) is 0 Å². The minimum Gasteiger partial charge on any atom is -0.428 e. The van der Waals surface area contributed by atoms with Gasteiger partial charge in [0, 0.05) is 6.07 Å². The van der Waals surface area contributed by atoms with Crippen molar-refractivity contribution in [3.05, 3.63) is 33.4 Å². The molecule has 0 bridgehead atoms. The van der Waals surface area contributed by atoms with Crippen molar-refractivity contribution in [3.63, 3.8) is 0 Å². The fourth-order valence-corrected chi connectivity index (χ4v) is 0.820. The largest absolute Gasteiger partial charge is 0.428 e. The number of rotatable bonds is 0. The van der Waals surface area contributed by atoms with Gasteiger partial charge in [-0.15, -0.1) is 0 Å². The molecule has 0 saturated carbocycles. The molecule has 0 aliphatic heterocycles. The molecule has 12 heavy (non-hydrogen) atoms. The minimum atomic E-state index is -0.263. The normalized spacial score (nSPS) is 8.75. The summed E-state index contributed by atoms with van der Waals surface area (Å²) in [6.07, 6.45) is 0. The summed E-state index contributed by atoms with van der Waals surface area (Å²) in [5.74, 6) is 0.713. The summed E-state index contributed by atoms with van der Waals surface area (Å²) in [6.45, 7) is 9.64. The first-order chi connectivity index (χ1) is 5.61. The molecule has 2 nitrogen and oxygen atoms in total. The Labute approximate surface area is 73.2 Å². The molecule has 0 unspecified atom stereocenters. The summed E-state index contributed by atoms with van der Waals surface area (Å²) in [4.78, 5) is 10.7. The minimum absolute atomic E-state index is 0.263. The van der Waals surface area contributed by atoms with Crippen LogP contribution in [0.25, 0.3) is 0 Å². The van der Waals surface area contributed by atoms with Gasteiger partial charge in [0.05, 0.1) is 0 Å². The summed E-state index contributed by atoms with van der Waals surface area (Å²) in [6, 6.07) is 1.50. The molecule has 1 rings (SSSR count). The highest BCUT2D eigenvalue weighted by Gasteiger charge is 1.98. The van der Waals surface area contributed by atoms with E-state index in [2.05, 4.69) is 0 Å². The van der Waals surface area contributed by atoms with Crippen molar-refractivity contribution in [2.24, 2.45) is 0 Å². The molecule has 68 valence electrons. The van der Waals surface area contributed by atoms with E-state index in [0.717, 1.165) is 11.1 Å². The van der Waals surface area contributed by atoms with E-state index in [1.165, 1.54) is 6.07 Å². The molecule has 0 radical (unpaired) electrons. The molecule has 2 heteroatoms. The molecule has 0 amide bonds. The fourth-order valence-electron chi connectivity index (χ4n) is 0.820. The van der Waals surface area contributed by atoms with Gasteiger partial charge in [-0.2, -0.15) is 0 Å². The lowest BCUT2D eigenvalue weighted by Gasteiger charge is -1.99. The number of hydrogen-bond donors (Lipinski definition) is 0. The smallest absolute Gasteiger partial charge is 0.336 e. The van der Waals surface area contributed by atoms with Gasteiger partial charge in [0.2, 0.25) is 0 Å². The van der Waals surface area contributed by atoms with E-state index < -0.39 is 0 Å². The fraction of sp³-hybridized carbons (Fsp3) is 0.500. The van der Waals surface area contributed by atoms with Crippen LogP contribution in [0.3, 0.4) is 0 Å². The van der Waals surface area contributed by atoms with E-state index >= 15 is 0 Å². The SMILES string of the molecule is CC.Cc1cc(=O)oc(C)c1C.